The van der Waals surface area contributed by atoms with E-state index < -0.39 is 0 Å². The van der Waals surface area contributed by atoms with E-state index in [1.165, 1.54) is 25.7 Å². The third-order valence-corrected chi connectivity index (χ3v) is 3.90. The van der Waals surface area contributed by atoms with Gasteiger partial charge < -0.3 is 15.0 Å². The van der Waals surface area contributed by atoms with E-state index in [9.17, 15) is 0 Å². The van der Waals surface area contributed by atoms with Crippen LogP contribution in [0.3, 0.4) is 0 Å². The summed E-state index contributed by atoms with van der Waals surface area (Å²) in [6, 6.07) is 0. The Balaban J connectivity index is 2.16. The average molecular weight is 269 g/mol. The molecule has 0 aromatic heterocycles. The van der Waals surface area contributed by atoms with Crippen molar-refractivity contribution in [2.24, 2.45) is 16.8 Å². The number of likely N-dealkylation sites (N-methyl/N-ethyl adjacent to an activating group) is 1. The van der Waals surface area contributed by atoms with E-state index in [1.807, 2.05) is 7.05 Å². The van der Waals surface area contributed by atoms with Crippen LogP contribution in [0.25, 0.3) is 0 Å². The van der Waals surface area contributed by atoms with E-state index in [0.717, 1.165) is 44.1 Å². The van der Waals surface area contributed by atoms with Crippen molar-refractivity contribution >= 4 is 5.96 Å². The Bertz CT molecular complexity index is 260. The number of rotatable bonds is 9. The van der Waals surface area contributed by atoms with E-state index in [2.05, 4.69) is 36.1 Å². The van der Waals surface area contributed by atoms with Crippen molar-refractivity contribution in [2.45, 2.75) is 39.5 Å². The lowest BCUT2D eigenvalue weighted by molar-refractivity contribution is 0.115. The SMILES string of the molecule is CCC(CC)CNC(=NC)N(C)CCOCC1CC1. The zero-order valence-corrected chi connectivity index (χ0v) is 13.1. The Hall–Kier alpha value is -0.770. The van der Waals surface area contributed by atoms with Gasteiger partial charge in [-0.15, -0.1) is 0 Å². The number of nitrogens with one attached hydrogen (secondary N) is 1. The summed E-state index contributed by atoms with van der Waals surface area (Å²) in [5.74, 6) is 2.55. The van der Waals surface area contributed by atoms with Gasteiger partial charge in [0, 0.05) is 33.8 Å². The summed E-state index contributed by atoms with van der Waals surface area (Å²) in [6.07, 6.45) is 5.15. The van der Waals surface area contributed by atoms with Crippen LogP contribution in [0.1, 0.15) is 39.5 Å². The van der Waals surface area contributed by atoms with Gasteiger partial charge >= 0.3 is 0 Å². The summed E-state index contributed by atoms with van der Waals surface area (Å²) in [6.45, 7) is 8.12. The quantitative estimate of drug-likeness (QED) is 0.396. The molecule has 1 aliphatic rings. The Morgan fingerprint density at radius 1 is 1.37 bits per heavy atom. The average Bonchev–Trinajstić information content (AvgIpc) is 3.24. The molecule has 19 heavy (non-hydrogen) atoms. The van der Waals surface area contributed by atoms with Crippen molar-refractivity contribution in [3.05, 3.63) is 0 Å². The molecular weight excluding hydrogens is 238 g/mol. The van der Waals surface area contributed by atoms with E-state index in [-0.39, 0.29) is 0 Å². The fraction of sp³-hybridized carbons (Fsp3) is 0.933. The summed E-state index contributed by atoms with van der Waals surface area (Å²) in [4.78, 5) is 6.48. The fourth-order valence-electron chi connectivity index (χ4n) is 2.04. The Labute approximate surface area is 118 Å². The number of hydrogen-bond donors (Lipinski definition) is 1. The van der Waals surface area contributed by atoms with E-state index in [1.54, 1.807) is 0 Å². The van der Waals surface area contributed by atoms with Gasteiger partial charge in [0.2, 0.25) is 0 Å². The monoisotopic (exact) mass is 269 g/mol. The van der Waals surface area contributed by atoms with Gasteiger partial charge in [0.15, 0.2) is 5.96 Å². The van der Waals surface area contributed by atoms with Crippen molar-refractivity contribution in [2.75, 3.05) is 40.4 Å². The van der Waals surface area contributed by atoms with E-state index in [4.69, 9.17) is 4.74 Å². The molecule has 4 nitrogen and oxygen atoms in total. The van der Waals surface area contributed by atoms with Gasteiger partial charge in [-0.05, 0) is 24.7 Å². The molecule has 1 aliphatic carbocycles. The molecule has 1 N–H and O–H groups in total. The number of aliphatic imine (C=N–C) groups is 1. The molecule has 0 unspecified atom stereocenters. The summed E-state index contributed by atoms with van der Waals surface area (Å²) >= 11 is 0. The van der Waals surface area contributed by atoms with Crippen LogP contribution in [0.2, 0.25) is 0 Å². The molecule has 0 radical (unpaired) electrons. The maximum Gasteiger partial charge on any atom is 0.193 e. The molecule has 0 amide bonds. The van der Waals surface area contributed by atoms with Gasteiger partial charge in [0.1, 0.15) is 0 Å². The predicted octanol–water partition coefficient (Wildman–Crippen LogP) is 2.36. The van der Waals surface area contributed by atoms with Crippen LogP contribution in [0.15, 0.2) is 4.99 Å². The molecule has 1 saturated carbocycles. The zero-order chi connectivity index (χ0) is 14.1. The predicted molar refractivity (Wildman–Crippen MR) is 81.6 cm³/mol. The molecule has 4 heteroatoms. The molecule has 0 saturated heterocycles. The first kappa shape index (κ1) is 16.3. The third-order valence-electron chi connectivity index (χ3n) is 3.90. The Morgan fingerprint density at radius 3 is 2.58 bits per heavy atom. The highest BCUT2D eigenvalue weighted by atomic mass is 16.5. The minimum absolute atomic E-state index is 0.733. The molecule has 112 valence electrons. The lowest BCUT2D eigenvalue weighted by Gasteiger charge is -2.24. The number of hydrogen-bond acceptors (Lipinski definition) is 2. The molecule has 0 heterocycles. The summed E-state index contributed by atoms with van der Waals surface area (Å²) in [5.41, 5.74) is 0. The smallest absolute Gasteiger partial charge is 0.193 e. The first-order valence-electron chi connectivity index (χ1n) is 7.70. The molecule has 1 rings (SSSR count). The number of guanidine groups is 1. The molecular formula is C15H31N3O. The highest BCUT2D eigenvalue weighted by Crippen LogP contribution is 2.28. The van der Waals surface area contributed by atoms with Crippen LogP contribution in [-0.4, -0.2) is 51.3 Å². The molecule has 0 atom stereocenters. The fourth-order valence-corrected chi connectivity index (χ4v) is 2.04. The topological polar surface area (TPSA) is 36.9 Å². The summed E-state index contributed by atoms with van der Waals surface area (Å²) in [5, 5.41) is 3.45. The van der Waals surface area contributed by atoms with Crippen molar-refractivity contribution in [3.63, 3.8) is 0 Å². The van der Waals surface area contributed by atoms with E-state index >= 15 is 0 Å². The lowest BCUT2D eigenvalue weighted by atomic mass is 10.0. The number of ether oxygens (including phenoxy) is 1. The van der Waals surface area contributed by atoms with Crippen LogP contribution in [0.5, 0.6) is 0 Å². The molecule has 0 spiro atoms. The van der Waals surface area contributed by atoms with Crippen LogP contribution < -0.4 is 5.32 Å². The van der Waals surface area contributed by atoms with Crippen molar-refractivity contribution < 1.29 is 4.74 Å². The molecule has 0 bridgehead atoms. The van der Waals surface area contributed by atoms with Crippen LogP contribution in [0, 0.1) is 11.8 Å². The minimum atomic E-state index is 0.733. The van der Waals surface area contributed by atoms with Crippen molar-refractivity contribution in [3.8, 4) is 0 Å². The largest absolute Gasteiger partial charge is 0.379 e. The molecule has 0 aromatic carbocycles. The normalized spacial score (nSPS) is 15.9. The van der Waals surface area contributed by atoms with Crippen LogP contribution >= 0.6 is 0 Å². The molecule has 0 aromatic rings. The first-order chi connectivity index (χ1) is 9.21. The second kappa shape index (κ2) is 9.18. The highest BCUT2D eigenvalue weighted by molar-refractivity contribution is 5.79. The second-order valence-electron chi connectivity index (χ2n) is 5.55. The van der Waals surface area contributed by atoms with Gasteiger partial charge in [-0.2, -0.15) is 0 Å². The van der Waals surface area contributed by atoms with Gasteiger partial charge in [0.25, 0.3) is 0 Å². The lowest BCUT2D eigenvalue weighted by Crippen LogP contribution is -2.42. The highest BCUT2D eigenvalue weighted by Gasteiger charge is 2.21. The minimum Gasteiger partial charge on any atom is -0.379 e. The zero-order valence-electron chi connectivity index (χ0n) is 13.1. The molecule has 1 fully saturated rings. The van der Waals surface area contributed by atoms with Gasteiger partial charge in [-0.3, -0.25) is 4.99 Å². The maximum absolute atomic E-state index is 5.67. The Kier molecular flexibility index (Phi) is 7.87. The van der Waals surface area contributed by atoms with Gasteiger partial charge in [-0.1, -0.05) is 26.7 Å². The second-order valence-corrected chi connectivity index (χ2v) is 5.55. The summed E-state index contributed by atoms with van der Waals surface area (Å²) < 4.78 is 5.67. The van der Waals surface area contributed by atoms with Crippen LogP contribution in [0.4, 0.5) is 0 Å². The maximum atomic E-state index is 5.67. The van der Waals surface area contributed by atoms with Crippen molar-refractivity contribution in [1.82, 2.24) is 10.2 Å². The van der Waals surface area contributed by atoms with Crippen LogP contribution in [-0.2, 0) is 4.74 Å². The summed E-state index contributed by atoms with van der Waals surface area (Å²) in [7, 11) is 3.92. The van der Waals surface area contributed by atoms with E-state index in [0.29, 0.717) is 0 Å². The van der Waals surface area contributed by atoms with Gasteiger partial charge in [0.05, 0.1) is 6.61 Å². The molecule has 0 aliphatic heterocycles. The third kappa shape index (κ3) is 6.81. The van der Waals surface area contributed by atoms with Gasteiger partial charge in [-0.25, -0.2) is 0 Å². The standard InChI is InChI=1S/C15H31N3O/c1-5-13(6-2)11-17-15(16-3)18(4)9-10-19-12-14-7-8-14/h13-14H,5-12H2,1-4H3,(H,16,17). The van der Waals surface area contributed by atoms with Crippen molar-refractivity contribution in [1.29, 1.82) is 0 Å². The first-order valence-corrected chi connectivity index (χ1v) is 7.70. The number of nitrogens with zero attached hydrogens (tertiary/aromatic N) is 2. The Morgan fingerprint density at radius 2 is 2.05 bits per heavy atom.